The first-order valence-corrected chi connectivity index (χ1v) is 8.95. The van der Waals surface area contributed by atoms with Crippen molar-refractivity contribution in [1.82, 2.24) is 0 Å². The van der Waals surface area contributed by atoms with Crippen molar-refractivity contribution in [2.45, 2.75) is 0 Å². The van der Waals surface area contributed by atoms with Gasteiger partial charge in [-0.2, -0.15) is 0 Å². The van der Waals surface area contributed by atoms with Crippen LogP contribution in [0.1, 0.15) is 0 Å². The third kappa shape index (κ3) is 2.68. The molecule has 0 amide bonds. The first-order valence-electron chi connectivity index (χ1n) is 7.37. The zero-order valence-corrected chi connectivity index (χ0v) is 16.0. The molecule has 0 fully saturated rings. The molecule has 4 rings (SSSR count). The Labute approximate surface area is 157 Å². The average Bonchev–Trinajstić information content (AvgIpc) is 2.59. The normalized spacial score (nSPS) is 12.2. The molecule has 0 saturated carbocycles. The topological polar surface area (TPSA) is 21.7 Å². The van der Waals surface area contributed by atoms with Gasteiger partial charge in [-0.15, -0.1) is 0 Å². The standard InChI is InChI=1S/C19H13Br2NO2/c1-23-15-6-4-14(5-7-15)22-16-8-2-12(20)10-18(16)24-19-11-13(21)3-9-17(19)22/h2-11H,1H3. The van der Waals surface area contributed by atoms with Gasteiger partial charge >= 0.3 is 0 Å². The monoisotopic (exact) mass is 445 g/mol. The van der Waals surface area contributed by atoms with Crippen LogP contribution in [0.4, 0.5) is 17.1 Å². The van der Waals surface area contributed by atoms with E-state index in [1.165, 1.54) is 0 Å². The minimum Gasteiger partial charge on any atom is -0.497 e. The Bertz CT molecular complexity index is 858. The predicted octanol–water partition coefficient (Wildman–Crippen LogP) is 6.80. The van der Waals surface area contributed by atoms with Crippen molar-refractivity contribution in [2.75, 3.05) is 12.0 Å². The van der Waals surface area contributed by atoms with Gasteiger partial charge in [0.15, 0.2) is 11.5 Å². The van der Waals surface area contributed by atoms with Crippen LogP contribution >= 0.6 is 31.9 Å². The van der Waals surface area contributed by atoms with Crippen molar-refractivity contribution in [3.05, 3.63) is 69.6 Å². The van der Waals surface area contributed by atoms with Crippen molar-refractivity contribution in [3.8, 4) is 17.2 Å². The number of anilines is 3. The molecule has 0 saturated heterocycles. The van der Waals surface area contributed by atoms with Crippen LogP contribution in [0, 0.1) is 0 Å². The molecule has 1 aliphatic rings. The van der Waals surface area contributed by atoms with Crippen LogP contribution in [0.25, 0.3) is 0 Å². The van der Waals surface area contributed by atoms with Gasteiger partial charge in [-0.05, 0) is 60.7 Å². The van der Waals surface area contributed by atoms with E-state index < -0.39 is 0 Å². The number of methoxy groups -OCH3 is 1. The van der Waals surface area contributed by atoms with Gasteiger partial charge in [-0.1, -0.05) is 31.9 Å². The van der Waals surface area contributed by atoms with Crippen molar-refractivity contribution in [3.63, 3.8) is 0 Å². The molecule has 1 heterocycles. The van der Waals surface area contributed by atoms with E-state index in [-0.39, 0.29) is 0 Å². The van der Waals surface area contributed by atoms with E-state index >= 15 is 0 Å². The molecule has 1 aliphatic heterocycles. The number of benzene rings is 3. The van der Waals surface area contributed by atoms with E-state index in [4.69, 9.17) is 9.47 Å². The molecule has 0 bridgehead atoms. The number of hydrogen-bond donors (Lipinski definition) is 0. The quantitative estimate of drug-likeness (QED) is 0.338. The predicted molar refractivity (Wildman–Crippen MR) is 103 cm³/mol. The highest BCUT2D eigenvalue weighted by Gasteiger charge is 2.26. The summed E-state index contributed by atoms with van der Waals surface area (Å²) in [6, 6.07) is 20.1. The van der Waals surface area contributed by atoms with Crippen molar-refractivity contribution in [2.24, 2.45) is 0 Å². The number of nitrogens with zero attached hydrogens (tertiary/aromatic N) is 1. The zero-order valence-electron chi connectivity index (χ0n) is 12.8. The second kappa shape index (κ2) is 6.15. The number of hydrogen-bond acceptors (Lipinski definition) is 3. The molecule has 0 spiro atoms. The average molecular weight is 447 g/mol. The third-order valence-electron chi connectivity index (χ3n) is 3.88. The second-order valence-electron chi connectivity index (χ2n) is 5.36. The third-order valence-corrected chi connectivity index (χ3v) is 4.86. The Morgan fingerprint density at radius 3 is 1.83 bits per heavy atom. The molecule has 120 valence electrons. The van der Waals surface area contributed by atoms with Gasteiger partial charge in [-0.25, -0.2) is 0 Å². The van der Waals surface area contributed by atoms with E-state index in [1.807, 2.05) is 48.5 Å². The molecule has 0 aromatic heterocycles. The van der Waals surface area contributed by atoms with Crippen LogP contribution in [-0.4, -0.2) is 7.11 Å². The summed E-state index contributed by atoms with van der Waals surface area (Å²) < 4.78 is 13.3. The summed E-state index contributed by atoms with van der Waals surface area (Å²) in [6.07, 6.45) is 0. The summed E-state index contributed by atoms with van der Waals surface area (Å²) in [6.45, 7) is 0. The van der Waals surface area contributed by atoms with Gasteiger partial charge in [0.1, 0.15) is 5.75 Å². The summed E-state index contributed by atoms with van der Waals surface area (Å²) in [5.41, 5.74) is 3.04. The first kappa shape index (κ1) is 15.5. The van der Waals surface area contributed by atoms with Crippen LogP contribution < -0.4 is 14.4 Å². The fraction of sp³-hybridized carbons (Fsp3) is 0.0526. The number of ether oxygens (including phenoxy) is 2. The highest BCUT2D eigenvalue weighted by atomic mass is 79.9. The van der Waals surface area contributed by atoms with Crippen LogP contribution in [0.5, 0.6) is 17.2 Å². The maximum Gasteiger partial charge on any atom is 0.152 e. The van der Waals surface area contributed by atoms with E-state index in [9.17, 15) is 0 Å². The molecule has 0 atom stereocenters. The number of rotatable bonds is 2. The molecule has 0 N–H and O–H groups in total. The lowest BCUT2D eigenvalue weighted by atomic mass is 10.1. The molecule has 3 aromatic carbocycles. The van der Waals surface area contributed by atoms with Crippen molar-refractivity contribution < 1.29 is 9.47 Å². The lowest BCUT2D eigenvalue weighted by molar-refractivity contribution is 0.415. The molecule has 0 unspecified atom stereocenters. The summed E-state index contributed by atoms with van der Waals surface area (Å²) in [4.78, 5) is 2.19. The van der Waals surface area contributed by atoms with Crippen LogP contribution in [0.2, 0.25) is 0 Å². The fourth-order valence-corrected chi connectivity index (χ4v) is 3.45. The van der Waals surface area contributed by atoms with Crippen LogP contribution in [-0.2, 0) is 0 Å². The molecular formula is C19H13Br2NO2. The minimum atomic E-state index is 0.811. The molecule has 24 heavy (non-hydrogen) atoms. The van der Waals surface area contributed by atoms with E-state index in [2.05, 4.69) is 48.9 Å². The van der Waals surface area contributed by atoms with Gasteiger partial charge in [0.2, 0.25) is 0 Å². The summed E-state index contributed by atoms with van der Waals surface area (Å²) in [7, 11) is 1.67. The summed E-state index contributed by atoms with van der Waals surface area (Å²) in [5, 5.41) is 0. The Kier molecular flexibility index (Phi) is 3.98. The molecule has 0 aliphatic carbocycles. The maximum absolute atomic E-state index is 6.11. The molecule has 3 nitrogen and oxygen atoms in total. The Balaban J connectivity index is 1.91. The molecule has 3 aromatic rings. The largest absolute Gasteiger partial charge is 0.497 e. The maximum atomic E-state index is 6.11. The Morgan fingerprint density at radius 1 is 0.792 bits per heavy atom. The number of halogens is 2. The first-order chi connectivity index (χ1) is 11.7. The second-order valence-corrected chi connectivity index (χ2v) is 7.19. The highest BCUT2D eigenvalue weighted by molar-refractivity contribution is 9.10. The SMILES string of the molecule is COc1ccc(N2c3ccc(Br)cc3Oc3cc(Br)ccc32)cc1. The summed E-state index contributed by atoms with van der Waals surface area (Å²) in [5.74, 6) is 2.45. The van der Waals surface area contributed by atoms with E-state index in [0.29, 0.717) is 0 Å². The molecule has 0 radical (unpaired) electrons. The Hall–Kier alpha value is -1.98. The highest BCUT2D eigenvalue weighted by Crippen LogP contribution is 2.51. The lowest BCUT2D eigenvalue weighted by Gasteiger charge is -2.33. The van der Waals surface area contributed by atoms with E-state index in [0.717, 1.165) is 43.3 Å². The fourth-order valence-electron chi connectivity index (χ4n) is 2.77. The van der Waals surface area contributed by atoms with E-state index in [1.54, 1.807) is 7.11 Å². The Morgan fingerprint density at radius 2 is 1.33 bits per heavy atom. The summed E-state index contributed by atoms with van der Waals surface area (Å²) >= 11 is 7.03. The number of fused-ring (bicyclic) bond motifs is 2. The van der Waals surface area contributed by atoms with Gasteiger partial charge < -0.3 is 14.4 Å². The smallest absolute Gasteiger partial charge is 0.152 e. The minimum absolute atomic E-state index is 0.811. The van der Waals surface area contributed by atoms with Crippen molar-refractivity contribution >= 4 is 48.9 Å². The van der Waals surface area contributed by atoms with Gasteiger partial charge in [0.05, 0.1) is 18.5 Å². The van der Waals surface area contributed by atoms with Crippen LogP contribution in [0.3, 0.4) is 0 Å². The van der Waals surface area contributed by atoms with Gasteiger partial charge in [0, 0.05) is 14.6 Å². The molecule has 5 heteroatoms. The lowest BCUT2D eigenvalue weighted by Crippen LogP contribution is -2.15. The van der Waals surface area contributed by atoms with Gasteiger partial charge in [0.25, 0.3) is 0 Å². The molecular weight excluding hydrogens is 434 g/mol. The van der Waals surface area contributed by atoms with Crippen molar-refractivity contribution in [1.29, 1.82) is 0 Å². The zero-order chi connectivity index (χ0) is 16.7. The van der Waals surface area contributed by atoms with Gasteiger partial charge in [-0.3, -0.25) is 0 Å². The van der Waals surface area contributed by atoms with Crippen LogP contribution in [0.15, 0.2) is 69.6 Å².